The molecule has 0 aromatic carbocycles. The topological polar surface area (TPSA) is 76.4 Å². The molecule has 2 N–H and O–H groups in total. The Kier molecular flexibility index (Phi) is 3.13. The number of hydrogen-bond acceptors (Lipinski definition) is 4. The lowest BCUT2D eigenvalue weighted by molar-refractivity contribution is -0.142. The summed E-state index contributed by atoms with van der Waals surface area (Å²) in [5.74, 6) is -0.746. The average Bonchev–Trinajstić information content (AvgIpc) is 2.97. The molecule has 0 aromatic rings. The number of rotatable bonds is 6. The summed E-state index contributed by atoms with van der Waals surface area (Å²) in [6.07, 6.45) is 2.96. The Morgan fingerprint density at radius 3 is 2.62 bits per heavy atom. The van der Waals surface area contributed by atoms with Crippen LogP contribution < -0.4 is 5.32 Å². The van der Waals surface area contributed by atoms with E-state index in [1.54, 1.807) is 0 Å². The van der Waals surface area contributed by atoms with Crippen LogP contribution >= 0.6 is 0 Å². The molecule has 0 spiro atoms. The Balaban J connectivity index is 2.03. The fourth-order valence-electron chi connectivity index (χ4n) is 2.49. The van der Waals surface area contributed by atoms with Crippen LogP contribution in [-0.2, 0) is 4.79 Å². The van der Waals surface area contributed by atoms with Gasteiger partial charge in [0, 0.05) is 32.1 Å². The Morgan fingerprint density at radius 1 is 1.56 bits per heavy atom. The molecule has 5 heteroatoms. The molecule has 1 saturated carbocycles. The maximum atomic E-state index is 10.9. The third-order valence-electron chi connectivity index (χ3n) is 3.45. The van der Waals surface area contributed by atoms with Gasteiger partial charge in [-0.25, -0.2) is 0 Å². The molecule has 1 saturated heterocycles. The standard InChI is InChI=1S/C11H17N3O2/c12-4-1-5-14(9-2-3-9)11(6-10(15)16)7-13-8-11/h9,13H,1-3,5-8H2,(H,15,16). The Labute approximate surface area is 95.0 Å². The van der Waals surface area contributed by atoms with Crippen LogP contribution in [0.5, 0.6) is 0 Å². The van der Waals surface area contributed by atoms with Gasteiger partial charge in [-0.05, 0) is 12.8 Å². The average molecular weight is 223 g/mol. The van der Waals surface area contributed by atoms with Crippen molar-refractivity contribution in [1.82, 2.24) is 10.2 Å². The SMILES string of the molecule is N#CCCN(C1CC1)C1(CC(=O)O)CNC1. The second kappa shape index (κ2) is 4.40. The largest absolute Gasteiger partial charge is 0.481 e. The van der Waals surface area contributed by atoms with E-state index in [0.29, 0.717) is 19.0 Å². The first-order valence-electron chi connectivity index (χ1n) is 5.74. The lowest BCUT2D eigenvalue weighted by atomic mass is 9.86. The van der Waals surface area contributed by atoms with Crippen LogP contribution in [0.3, 0.4) is 0 Å². The van der Waals surface area contributed by atoms with Crippen molar-refractivity contribution in [3.8, 4) is 6.07 Å². The van der Waals surface area contributed by atoms with Crippen molar-refractivity contribution in [3.05, 3.63) is 0 Å². The molecule has 88 valence electrons. The first kappa shape index (κ1) is 11.4. The lowest BCUT2D eigenvalue weighted by Gasteiger charge is -2.50. The summed E-state index contributed by atoms with van der Waals surface area (Å²) in [6, 6.07) is 2.65. The summed E-state index contributed by atoms with van der Waals surface area (Å²) in [5, 5.41) is 20.8. The van der Waals surface area contributed by atoms with Crippen LogP contribution in [-0.4, -0.2) is 47.2 Å². The Morgan fingerprint density at radius 2 is 2.25 bits per heavy atom. The van der Waals surface area contributed by atoms with E-state index in [4.69, 9.17) is 10.4 Å². The molecule has 16 heavy (non-hydrogen) atoms. The molecular formula is C11H17N3O2. The van der Waals surface area contributed by atoms with E-state index in [1.807, 2.05) is 0 Å². The van der Waals surface area contributed by atoms with E-state index in [0.717, 1.165) is 25.9 Å². The number of carboxylic acids is 1. The van der Waals surface area contributed by atoms with Crippen molar-refractivity contribution in [2.75, 3.05) is 19.6 Å². The number of nitriles is 1. The highest BCUT2D eigenvalue weighted by molar-refractivity contribution is 5.69. The molecule has 0 aromatic heterocycles. The minimum absolute atomic E-state index is 0.182. The second-order valence-electron chi connectivity index (χ2n) is 4.73. The predicted molar refractivity (Wildman–Crippen MR) is 57.8 cm³/mol. The first-order chi connectivity index (χ1) is 7.68. The zero-order valence-electron chi connectivity index (χ0n) is 9.28. The summed E-state index contributed by atoms with van der Waals surface area (Å²) in [5.41, 5.74) is -0.232. The molecule has 0 bridgehead atoms. The predicted octanol–water partition coefficient (Wildman–Crippen LogP) is 0.181. The van der Waals surface area contributed by atoms with Gasteiger partial charge in [0.15, 0.2) is 0 Å². The zero-order valence-corrected chi connectivity index (χ0v) is 9.28. The summed E-state index contributed by atoms with van der Waals surface area (Å²) >= 11 is 0. The van der Waals surface area contributed by atoms with Gasteiger partial charge in [-0.1, -0.05) is 0 Å². The van der Waals surface area contributed by atoms with Gasteiger partial charge in [-0.3, -0.25) is 9.69 Å². The van der Waals surface area contributed by atoms with Gasteiger partial charge >= 0.3 is 5.97 Å². The Hall–Kier alpha value is -1.12. The lowest BCUT2D eigenvalue weighted by Crippen LogP contribution is -2.70. The molecule has 0 amide bonds. The number of nitrogens with one attached hydrogen (secondary N) is 1. The fourth-order valence-corrected chi connectivity index (χ4v) is 2.49. The number of nitrogens with zero attached hydrogens (tertiary/aromatic N) is 2. The minimum atomic E-state index is -0.746. The van der Waals surface area contributed by atoms with Gasteiger partial charge in [0.1, 0.15) is 0 Å². The van der Waals surface area contributed by atoms with Gasteiger partial charge in [0.2, 0.25) is 0 Å². The van der Waals surface area contributed by atoms with Gasteiger partial charge < -0.3 is 10.4 Å². The first-order valence-corrected chi connectivity index (χ1v) is 5.74. The Bertz CT molecular complexity index is 316. The molecule has 5 nitrogen and oxygen atoms in total. The van der Waals surface area contributed by atoms with Gasteiger partial charge in [0.25, 0.3) is 0 Å². The molecule has 1 aliphatic heterocycles. The van der Waals surface area contributed by atoms with Crippen molar-refractivity contribution in [3.63, 3.8) is 0 Å². The highest BCUT2D eigenvalue weighted by atomic mass is 16.4. The van der Waals surface area contributed by atoms with E-state index in [2.05, 4.69) is 16.3 Å². The van der Waals surface area contributed by atoms with Gasteiger partial charge in [0.05, 0.1) is 18.0 Å². The van der Waals surface area contributed by atoms with E-state index >= 15 is 0 Å². The maximum absolute atomic E-state index is 10.9. The summed E-state index contributed by atoms with van der Waals surface area (Å²) in [6.45, 7) is 2.18. The smallest absolute Gasteiger partial charge is 0.305 e. The quantitative estimate of drug-likeness (QED) is 0.672. The van der Waals surface area contributed by atoms with Crippen LogP contribution in [0.4, 0.5) is 0 Å². The highest BCUT2D eigenvalue weighted by Gasteiger charge is 2.49. The zero-order chi connectivity index (χ0) is 11.6. The third kappa shape index (κ3) is 2.18. The fraction of sp³-hybridized carbons (Fsp3) is 0.818. The monoisotopic (exact) mass is 223 g/mol. The van der Waals surface area contributed by atoms with E-state index < -0.39 is 5.97 Å². The second-order valence-corrected chi connectivity index (χ2v) is 4.73. The van der Waals surface area contributed by atoms with Crippen LogP contribution in [0.1, 0.15) is 25.7 Å². The molecule has 0 unspecified atom stereocenters. The molecule has 0 radical (unpaired) electrons. The van der Waals surface area contributed by atoms with Crippen LogP contribution in [0.2, 0.25) is 0 Å². The van der Waals surface area contributed by atoms with Crippen LogP contribution in [0.25, 0.3) is 0 Å². The summed E-state index contributed by atoms with van der Waals surface area (Å²) in [4.78, 5) is 13.2. The molecule has 0 atom stereocenters. The summed E-state index contributed by atoms with van der Waals surface area (Å²) in [7, 11) is 0. The van der Waals surface area contributed by atoms with Gasteiger partial charge in [-0.2, -0.15) is 5.26 Å². The van der Waals surface area contributed by atoms with E-state index in [9.17, 15) is 4.79 Å². The molecule has 1 aliphatic carbocycles. The van der Waals surface area contributed by atoms with Crippen molar-refractivity contribution >= 4 is 5.97 Å². The normalized spacial score (nSPS) is 22.5. The van der Waals surface area contributed by atoms with Crippen LogP contribution in [0.15, 0.2) is 0 Å². The molecular weight excluding hydrogens is 206 g/mol. The van der Waals surface area contributed by atoms with Crippen molar-refractivity contribution in [2.24, 2.45) is 0 Å². The molecule has 1 heterocycles. The number of aliphatic carboxylic acids is 1. The van der Waals surface area contributed by atoms with Crippen molar-refractivity contribution in [1.29, 1.82) is 5.26 Å². The summed E-state index contributed by atoms with van der Waals surface area (Å²) < 4.78 is 0. The minimum Gasteiger partial charge on any atom is -0.481 e. The van der Waals surface area contributed by atoms with Crippen LogP contribution in [0, 0.1) is 11.3 Å². The van der Waals surface area contributed by atoms with Crippen molar-refractivity contribution in [2.45, 2.75) is 37.3 Å². The number of hydrogen-bond donors (Lipinski definition) is 2. The van der Waals surface area contributed by atoms with E-state index in [-0.39, 0.29) is 12.0 Å². The molecule has 2 fully saturated rings. The maximum Gasteiger partial charge on any atom is 0.305 e. The number of carboxylic acid groups (broad SMARTS) is 1. The number of carbonyl (C=O) groups is 1. The molecule has 2 aliphatic rings. The molecule has 2 rings (SSSR count). The van der Waals surface area contributed by atoms with E-state index in [1.165, 1.54) is 0 Å². The third-order valence-corrected chi connectivity index (χ3v) is 3.45. The van der Waals surface area contributed by atoms with Crippen molar-refractivity contribution < 1.29 is 9.90 Å². The van der Waals surface area contributed by atoms with Gasteiger partial charge in [-0.15, -0.1) is 0 Å². The highest BCUT2D eigenvalue weighted by Crippen LogP contribution is 2.36.